The van der Waals surface area contributed by atoms with Gasteiger partial charge in [-0.15, -0.1) is 0 Å². The Hall–Kier alpha value is -0.890. The van der Waals surface area contributed by atoms with E-state index >= 15 is 0 Å². The highest BCUT2D eigenvalue weighted by Gasteiger charge is 2.24. The van der Waals surface area contributed by atoms with Crippen LogP contribution in [-0.4, -0.2) is 15.7 Å². The van der Waals surface area contributed by atoms with Crippen molar-refractivity contribution in [1.29, 1.82) is 0 Å². The molecule has 1 aromatic heterocycles. The van der Waals surface area contributed by atoms with Crippen molar-refractivity contribution < 1.29 is 4.79 Å². The minimum Gasteiger partial charge on any atom is -0.307 e. The molecule has 0 unspecified atom stereocenters. The van der Waals surface area contributed by atoms with Gasteiger partial charge in [-0.05, 0) is 66.5 Å². The summed E-state index contributed by atoms with van der Waals surface area (Å²) in [6.45, 7) is 2.86. The van der Waals surface area contributed by atoms with Gasteiger partial charge in [0.2, 0.25) is 0 Å². The lowest BCUT2D eigenvalue weighted by Crippen LogP contribution is -2.18. The number of hydrogen-bond donors (Lipinski definition) is 1. The number of carbonyl (C=O) groups is 1. The molecule has 0 atom stereocenters. The Balaban J connectivity index is 1.84. The van der Waals surface area contributed by atoms with Gasteiger partial charge in [-0.1, -0.05) is 15.9 Å². The van der Waals surface area contributed by atoms with Crippen LogP contribution in [0.4, 0.5) is 5.82 Å². The maximum Gasteiger partial charge on any atom is 0.257 e. The van der Waals surface area contributed by atoms with Gasteiger partial charge >= 0.3 is 0 Å². The molecule has 1 aliphatic rings. The third-order valence-corrected chi connectivity index (χ3v) is 4.99. The molecule has 21 heavy (non-hydrogen) atoms. The van der Waals surface area contributed by atoms with Gasteiger partial charge in [-0.25, -0.2) is 4.68 Å². The number of rotatable bonds is 4. The molecule has 4 nitrogen and oxygen atoms in total. The van der Waals surface area contributed by atoms with Crippen molar-refractivity contribution >= 4 is 50.2 Å². The Labute approximate surface area is 145 Å². The Morgan fingerprint density at radius 3 is 3.00 bits per heavy atom. The molecule has 1 saturated carbocycles. The van der Waals surface area contributed by atoms with Crippen LogP contribution in [0.15, 0.2) is 28.9 Å². The van der Waals surface area contributed by atoms with Crippen molar-refractivity contribution in [2.45, 2.75) is 26.3 Å². The molecule has 0 aliphatic heterocycles. The van der Waals surface area contributed by atoms with Crippen molar-refractivity contribution in [3.8, 4) is 0 Å². The lowest BCUT2D eigenvalue weighted by Gasteiger charge is -2.11. The molecule has 2 aromatic rings. The standard InChI is InChI=1S/C15H15BrIN3O/c1-9-7-18-20(8-10-2-3-10)14(9)19-15(21)12-6-11(16)4-5-13(12)17/h4-7,10H,2-3,8H2,1H3,(H,19,21). The summed E-state index contributed by atoms with van der Waals surface area (Å²) in [4.78, 5) is 12.5. The minimum atomic E-state index is -0.0960. The van der Waals surface area contributed by atoms with E-state index in [0.717, 1.165) is 26.0 Å². The van der Waals surface area contributed by atoms with Crippen molar-refractivity contribution in [2.75, 3.05) is 5.32 Å². The topological polar surface area (TPSA) is 46.9 Å². The van der Waals surface area contributed by atoms with Gasteiger partial charge in [0.05, 0.1) is 11.8 Å². The number of nitrogens with zero attached hydrogens (tertiary/aromatic N) is 2. The Bertz CT molecular complexity index is 694. The van der Waals surface area contributed by atoms with Crippen LogP contribution in [0.1, 0.15) is 28.8 Å². The molecule has 1 amide bonds. The zero-order chi connectivity index (χ0) is 15.0. The summed E-state index contributed by atoms with van der Waals surface area (Å²) < 4.78 is 3.74. The van der Waals surface area contributed by atoms with Crippen LogP contribution < -0.4 is 5.32 Å². The number of hydrogen-bond acceptors (Lipinski definition) is 2. The van der Waals surface area contributed by atoms with Gasteiger partial charge in [0.25, 0.3) is 5.91 Å². The van der Waals surface area contributed by atoms with Crippen LogP contribution in [0, 0.1) is 16.4 Å². The lowest BCUT2D eigenvalue weighted by atomic mass is 10.2. The smallest absolute Gasteiger partial charge is 0.257 e. The molecule has 1 fully saturated rings. The maximum absolute atomic E-state index is 12.5. The largest absolute Gasteiger partial charge is 0.307 e. The van der Waals surface area contributed by atoms with E-state index < -0.39 is 0 Å². The van der Waals surface area contributed by atoms with Crippen molar-refractivity contribution in [3.05, 3.63) is 43.6 Å². The van der Waals surface area contributed by atoms with Gasteiger partial charge in [-0.2, -0.15) is 5.10 Å². The van der Waals surface area contributed by atoms with Crippen molar-refractivity contribution in [3.63, 3.8) is 0 Å². The summed E-state index contributed by atoms with van der Waals surface area (Å²) in [5.74, 6) is 1.43. The molecule has 1 heterocycles. The monoisotopic (exact) mass is 459 g/mol. The molecule has 3 rings (SSSR count). The second-order valence-electron chi connectivity index (χ2n) is 5.38. The zero-order valence-electron chi connectivity index (χ0n) is 11.6. The predicted molar refractivity (Wildman–Crippen MR) is 94.5 cm³/mol. The van der Waals surface area contributed by atoms with Gasteiger partial charge in [0.15, 0.2) is 0 Å². The van der Waals surface area contributed by atoms with E-state index in [1.807, 2.05) is 36.0 Å². The summed E-state index contributed by atoms with van der Waals surface area (Å²) in [5, 5.41) is 7.39. The number of anilines is 1. The van der Waals surface area contributed by atoms with Crippen LogP contribution in [0.25, 0.3) is 0 Å². The fraction of sp³-hybridized carbons (Fsp3) is 0.333. The highest BCUT2D eigenvalue weighted by Crippen LogP contribution is 2.32. The summed E-state index contributed by atoms with van der Waals surface area (Å²) in [6.07, 6.45) is 4.33. The SMILES string of the molecule is Cc1cnn(CC2CC2)c1NC(=O)c1cc(Br)ccc1I. The first-order valence-electron chi connectivity index (χ1n) is 6.83. The second kappa shape index (κ2) is 6.08. The van der Waals surface area contributed by atoms with Gasteiger partial charge in [0.1, 0.15) is 5.82 Å². The number of amides is 1. The molecule has 110 valence electrons. The fourth-order valence-electron chi connectivity index (χ4n) is 2.17. The van der Waals surface area contributed by atoms with E-state index in [-0.39, 0.29) is 5.91 Å². The Morgan fingerprint density at radius 2 is 2.29 bits per heavy atom. The quantitative estimate of drug-likeness (QED) is 0.695. The average Bonchev–Trinajstić information content (AvgIpc) is 3.21. The first kappa shape index (κ1) is 15.0. The molecule has 0 radical (unpaired) electrons. The first-order valence-corrected chi connectivity index (χ1v) is 8.70. The zero-order valence-corrected chi connectivity index (χ0v) is 15.3. The summed E-state index contributed by atoms with van der Waals surface area (Å²) in [5.41, 5.74) is 1.66. The van der Waals surface area contributed by atoms with Gasteiger partial charge in [-0.3, -0.25) is 4.79 Å². The van der Waals surface area contributed by atoms with E-state index in [1.165, 1.54) is 12.8 Å². The summed E-state index contributed by atoms with van der Waals surface area (Å²) in [6, 6.07) is 5.70. The third kappa shape index (κ3) is 3.48. The van der Waals surface area contributed by atoms with Gasteiger partial charge in [0, 0.05) is 20.2 Å². The van der Waals surface area contributed by atoms with Gasteiger partial charge < -0.3 is 5.32 Å². The summed E-state index contributed by atoms with van der Waals surface area (Å²) >= 11 is 5.59. The van der Waals surface area contributed by atoms with Crippen LogP contribution in [-0.2, 0) is 6.54 Å². The van der Waals surface area contributed by atoms with E-state index in [9.17, 15) is 4.79 Å². The van der Waals surface area contributed by atoms with E-state index in [4.69, 9.17) is 0 Å². The molecular formula is C15H15BrIN3O. The Kier molecular flexibility index (Phi) is 4.35. The normalized spacial score (nSPS) is 14.2. The third-order valence-electron chi connectivity index (χ3n) is 3.56. The lowest BCUT2D eigenvalue weighted by molar-refractivity contribution is 0.102. The summed E-state index contributed by atoms with van der Waals surface area (Å²) in [7, 11) is 0. The van der Waals surface area contributed by atoms with Crippen molar-refractivity contribution in [2.24, 2.45) is 5.92 Å². The molecule has 0 spiro atoms. The number of aryl methyl sites for hydroxylation is 1. The second-order valence-corrected chi connectivity index (χ2v) is 7.46. The van der Waals surface area contributed by atoms with Crippen LogP contribution in [0.3, 0.4) is 0 Å². The van der Waals surface area contributed by atoms with Crippen LogP contribution in [0.5, 0.6) is 0 Å². The highest BCUT2D eigenvalue weighted by atomic mass is 127. The number of benzene rings is 1. The molecule has 0 saturated heterocycles. The average molecular weight is 460 g/mol. The van der Waals surface area contributed by atoms with Crippen LogP contribution in [0.2, 0.25) is 0 Å². The number of halogens is 2. The molecule has 1 aliphatic carbocycles. The maximum atomic E-state index is 12.5. The fourth-order valence-corrected chi connectivity index (χ4v) is 3.11. The molecule has 1 N–H and O–H groups in total. The molecule has 6 heteroatoms. The van der Waals surface area contributed by atoms with E-state index in [2.05, 4.69) is 48.9 Å². The van der Waals surface area contributed by atoms with Crippen LogP contribution >= 0.6 is 38.5 Å². The van der Waals surface area contributed by atoms with Crippen molar-refractivity contribution in [1.82, 2.24) is 9.78 Å². The highest BCUT2D eigenvalue weighted by molar-refractivity contribution is 14.1. The van der Waals surface area contributed by atoms with E-state index in [1.54, 1.807) is 0 Å². The Morgan fingerprint density at radius 1 is 1.52 bits per heavy atom. The molecule has 1 aromatic carbocycles. The van der Waals surface area contributed by atoms with E-state index in [0.29, 0.717) is 11.5 Å². The number of nitrogens with one attached hydrogen (secondary N) is 1. The number of aromatic nitrogens is 2. The first-order chi connectivity index (χ1) is 10.0. The molecular weight excluding hydrogens is 445 g/mol. The molecule has 0 bridgehead atoms. The predicted octanol–water partition coefficient (Wildman–Crippen LogP) is 4.22. The number of carbonyl (C=O) groups excluding carboxylic acids is 1. The minimum absolute atomic E-state index is 0.0960.